The van der Waals surface area contributed by atoms with E-state index in [2.05, 4.69) is 4.98 Å². The number of primary amides is 1. The van der Waals surface area contributed by atoms with Gasteiger partial charge in [0.05, 0.1) is 5.56 Å². The zero-order valence-electron chi connectivity index (χ0n) is 9.90. The molecule has 1 heterocycles. The molecule has 1 aromatic carbocycles. The molecule has 100 valence electrons. The molecular formula is C12H10F3N3O. The summed E-state index contributed by atoms with van der Waals surface area (Å²) >= 11 is 0. The van der Waals surface area contributed by atoms with Crippen LogP contribution < -0.4 is 5.73 Å². The van der Waals surface area contributed by atoms with Crippen LogP contribution in [0.5, 0.6) is 0 Å². The van der Waals surface area contributed by atoms with Gasteiger partial charge in [0, 0.05) is 12.4 Å². The molecule has 19 heavy (non-hydrogen) atoms. The van der Waals surface area contributed by atoms with Gasteiger partial charge in [-0.2, -0.15) is 0 Å². The van der Waals surface area contributed by atoms with E-state index in [1.54, 1.807) is 0 Å². The quantitative estimate of drug-likeness (QED) is 0.866. The van der Waals surface area contributed by atoms with Gasteiger partial charge >= 0.3 is 0 Å². The molecule has 2 rings (SSSR count). The predicted octanol–water partition coefficient (Wildman–Crippen LogP) is 2.01. The molecule has 0 fully saturated rings. The Morgan fingerprint density at radius 2 is 2.00 bits per heavy atom. The van der Waals surface area contributed by atoms with Crippen LogP contribution in [0.4, 0.5) is 13.2 Å². The molecule has 0 aliphatic heterocycles. The molecule has 7 heteroatoms. The Bertz CT molecular complexity index is 639. The molecule has 0 saturated carbocycles. The molecule has 0 spiro atoms. The van der Waals surface area contributed by atoms with Crippen molar-refractivity contribution in [3.8, 4) is 11.4 Å². The number of aromatic nitrogens is 2. The van der Waals surface area contributed by atoms with Crippen molar-refractivity contribution in [2.75, 3.05) is 0 Å². The Hall–Kier alpha value is -2.31. The van der Waals surface area contributed by atoms with Gasteiger partial charge in [-0.15, -0.1) is 0 Å². The number of carbonyl (C=O) groups is 1. The summed E-state index contributed by atoms with van der Waals surface area (Å²) in [5, 5.41) is 0. The van der Waals surface area contributed by atoms with Gasteiger partial charge in [0.1, 0.15) is 11.9 Å². The molecule has 2 aromatic rings. The summed E-state index contributed by atoms with van der Waals surface area (Å²) in [5.41, 5.74) is 4.91. The van der Waals surface area contributed by atoms with Crippen LogP contribution in [0, 0.1) is 17.5 Å². The third-order valence-corrected chi connectivity index (χ3v) is 2.77. The molecule has 0 bridgehead atoms. The highest BCUT2D eigenvalue weighted by Crippen LogP contribution is 2.26. The first-order chi connectivity index (χ1) is 8.93. The number of amides is 1. The topological polar surface area (TPSA) is 60.9 Å². The van der Waals surface area contributed by atoms with Crippen molar-refractivity contribution < 1.29 is 18.0 Å². The monoisotopic (exact) mass is 269 g/mol. The number of benzene rings is 1. The van der Waals surface area contributed by atoms with E-state index < -0.39 is 29.4 Å². The van der Waals surface area contributed by atoms with Crippen LogP contribution in [0.1, 0.15) is 13.0 Å². The lowest BCUT2D eigenvalue weighted by atomic mass is 10.1. The first-order valence-electron chi connectivity index (χ1n) is 5.39. The molecule has 1 unspecified atom stereocenters. The van der Waals surface area contributed by atoms with Gasteiger partial charge in [-0.3, -0.25) is 4.79 Å². The van der Waals surface area contributed by atoms with Crippen LogP contribution in [-0.4, -0.2) is 15.5 Å². The third kappa shape index (κ3) is 2.18. The minimum absolute atomic E-state index is 0.00250. The van der Waals surface area contributed by atoms with Crippen LogP contribution in [-0.2, 0) is 4.79 Å². The van der Waals surface area contributed by atoms with Gasteiger partial charge in [0.15, 0.2) is 17.5 Å². The van der Waals surface area contributed by atoms with Crippen LogP contribution in [0.15, 0.2) is 24.5 Å². The van der Waals surface area contributed by atoms with E-state index in [0.717, 1.165) is 12.1 Å². The minimum atomic E-state index is -1.58. The number of imidazole rings is 1. The van der Waals surface area contributed by atoms with E-state index in [4.69, 9.17) is 5.73 Å². The molecule has 1 atom stereocenters. The average molecular weight is 269 g/mol. The van der Waals surface area contributed by atoms with Crippen molar-refractivity contribution in [2.24, 2.45) is 5.73 Å². The summed E-state index contributed by atoms with van der Waals surface area (Å²) in [5.74, 6) is -4.88. The van der Waals surface area contributed by atoms with E-state index in [1.165, 1.54) is 23.9 Å². The Labute approximate surface area is 106 Å². The standard InChI is InChI=1S/C12H10F3N3O/c1-6(11(16)19)18-5-4-17-12(18)7-2-3-8(13)10(15)9(7)14/h2-6H,1H3,(H2,16,19). The lowest BCUT2D eigenvalue weighted by Crippen LogP contribution is -2.24. The summed E-state index contributed by atoms with van der Waals surface area (Å²) in [4.78, 5) is 15.0. The highest BCUT2D eigenvalue weighted by atomic mass is 19.2. The maximum absolute atomic E-state index is 13.7. The molecule has 2 N–H and O–H groups in total. The van der Waals surface area contributed by atoms with E-state index in [-0.39, 0.29) is 11.4 Å². The smallest absolute Gasteiger partial charge is 0.240 e. The minimum Gasteiger partial charge on any atom is -0.368 e. The number of nitrogens with zero attached hydrogens (tertiary/aromatic N) is 2. The molecule has 0 radical (unpaired) electrons. The second kappa shape index (κ2) is 4.75. The fraction of sp³-hybridized carbons (Fsp3) is 0.167. The zero-order valence-corrected chi connectivity index (χ0v) is 9.90. The van der Waals surface area contributed by atoms with Crippen LogP contribution in [0.2, 0.25) is 0 Å². The van der Waals surface area contributed by atoms with Crippen molar-refractivity contribution in [1.82, 2.24) is 9.55 Å². The second-order valence-electron chi connectivity index (χ2n) is 3.96. The lowest BCUT2D eigenvalue weighted by molar-refractivity contribution is -0.120. The van der Waals surface area contributed by atoms with E-state index in [0.29, 0.717) is 0 Å². The predicted molar refractivity (Wildman–Crippen MR) is 61.4 cm³/mol. The summed E-state index contributed by atoms with van der Waals surface area (Å²) in [7, 11) is 0. The van der Waals surface area contributed by atoms with Gasteiger partial charge in [0.2, 0.25) is 5.91 Å². The molecule has 4 nitrogen and oxygen atoms in total. The van der Waals surface area contributed by atoms with Crippen molar-refractivity contribution in [1.29, 1.82) is 0 Å². The molecule has 0 aliphatic carbocycles. The highest BCUT2D eigenvalue weighted by Gasteiger charge is 2.21. The van der Waals surface area contributed by atoms with Gasteiger partial charge in [0.25, 0.3) is 0 Å². The Kier molecular flexibility index (Phi) is 3.28. The molecule has 1 aromatic heterocycles. The summed E-state index contributed by atoms with van der Waals surface area (Å²) in [6.45, 7) is 1.49. The number of hydrogen-bond donors (Lipinski definition) is 1. The summed E-state index contributed by atoms with van der Waals surface area (Å²) < 4.78 is 41.0. The maximum atomic E-state index is 13.7. The molecule has 1 amide bonds. The van der Waals surface area contributed by atoms with Gasteiger partial charge in [-0.25, -0.2) is 18.2 Å². The zero-order chi connectivity index (χ0) is 14.2. The van der Waals surface area contributed by atoms with Crippen LogP contribution in [0.3, 0.4) is 0 Å². The fourth-order valence-electron chi connectivity index (χ4n) is 1.67. The maximum Gasteiger partial charge on any atom is 0.240 e. The first-order valence-corrected chi connectivity index (χ1v) is 5.39. The Morgan fingerprint density at radius 1 is 1.32 bits per heavy atom. The van der Waals surface area contributed by atoms with Crippen LogP contribution in [0.25, 0.3) is 11.4 Å². The molecular weight excluding hydrogens is 259 g/mol. The number of nitrogens with two attached hydrogens (primary N) is 1. The van der Waals surface area contributed by atoms with Crippen molar-refractivity contribution in [3.63, 3.8) is 0 Å². The van der Waals surface area contributed by atoms with E-state index in [1.807, 2.05) is 0 Å². The van der Waals surface area contributed by atoms with E-state index in [9.17, 15) is 18.0 Å². The first kappa shape index (κ1) is 13.1. The number of carbonyl (C=O) groups excluding carboxylic acids is 1. The number of rotatable bonds is 3. The van der Waals surface area contributed by atoms with Crippen molar-refractivity contribution >= 4 is 5.91 Å². The highest BCUT2D eigenvalue weighted by molar-refractivity contribution is 5.78. The van der Waals surface area contributed by atoms with Gasteiger partial charge in [-0.05, 0) is 19.1 Å². The van der Waals surface area contributed by atoms with E-state index >= 15 is 0 Å². The van der Waals surface area contributed by atoms with Crippen molar-refractivity contribution in [3.05, 3.63) is 42.0 Å². The summed E-state index contributed by atoms with van der Waals surface area (Å²) in [6, 6.07) is 1.06. The normalized spacial score (nSPS) is 12.4. The SMILES string of the molecule is CC(C(N)=O)n1ccnc1-c1ccc(F)c(F)c1F. The Balaban J connectivity index is 2.58. The van der Waals surface area contributed by atoms with Crippen molar-refractivity contribution in [2.45, 2.75) is 13.0 Å². The second-order valence-corrected chi connectivity index (χ2v) is 3.96. The Morgan fingerprint density at radius 3 is 2.63 bits per heavy atom. The lowest BCUT2D eigenvalue weighted by Gasteiger charge is -2.13. The largest absolute Gasteiger partial charge is 0.368 e. The number of hydrogen-bond acceptors (Lipinski definition) is 2. The third-order valence-electron chi connectivity index (χ3n) is 2.77. The summed E-state index contributed by atoms with van der Waals surface area (Å²) in [6.07, 6.45) is 2.72. The fourth-order valence-corrected chi connectivity index (χ4v) is 1.67. The number of halogens is 3. The van der Waals surface area contributed by atoms with Gasteiger partial charge < -0.3 is 10.3 Å². The van der Waals surface area contributed by atoms with Gasteiger partial charge in [-0.1, -0.05) is 0 Å². The average Bonchev–Trinajstić information content (AvgIpc) is 2.84. The molecule has 0 aliphatic rings. The van der Waals surface area contributed by atoms with Crippen LogP contribution >= 0.6 is 0 Å². The molecule has 0 saturated heterocycles.